The highest BCUT2D eigenvalue weighted by molar-refractivity contribution is 6.34. The lowest BCUT2D eigenvalue weighted by Crippen LogP contribution is -2.33. The number of hydrogen-bond donors (Lipinski definition) is 2. The summed E-state index contributed by atoms with van der Waals surface area (Å²) in [5.41, 5.74) is 5.21. The highest BCUT2D eigenvalue weighted by Crippen LogP contribution is 2.28. The second kappa shape index (κ2) is 13.6. The molecule has 0 unspecified atom stereocenters. The maximum absolute atomic E-state index is 13.1. The van der Waals surface area contributed by atoms with Gasteiger partial charge in [-0.25, -0.2) is 5.43 Å². The van der Waals surface area contributed by atoms with Crippen molar-refractivity contribution in [3.05, 3.63) is 118 Å². The second-order valence-electron chi connectivity index (χ2n) is 8.64. The van der Waals surface area contributed by atoms with Crippen LogP contribution in [0.1, 0.15) is 35.5 Å². The van der Waals surface area contributed by atoms with Gasteiger partial charge in [0.15, 0.2) is 0 Å². The number of nitrogens with zero attached hydrogens (tertiary/aromatic N) is 2. The van der Waals surface area contributed by atoms with Crippen LogP contribution < -0.4 is 15.6 Å². The number of anilines is 1. The number of carbonyl (C=O) groups excluding carboxylic acids is 2. The molecule has 1 heterocycles. The summed E-state index contributed by atoms with van der Waals surface area (Å²) < 4.78 is 5.78. The molecule has 0 bridgehead atoms. The Bertz CT molecular complexity index is 1540. The smallest absolute Gasteiger partial charge is 0.287 e. The fourth-order valence-electron chi connectivity index (χ4n) is 3.97. The van der Waals surface area contributed by atoms with Gasteiger partial charge in [-0.15, -0.1) is 0 Å². The summed E-state index contributed by atoms with van der Waals surface area (Å²) in [6.07, 6.45) is 2.94. The summed E-state index contributed by atoms with van der Waals surface area (Å²) >= 11 is 12.4. The number of benzene rings is 3. The van der Waals surface area contributed by atoms with E-state index >= 15 is 0 Å². The Morgan fingerprint density at radius 3 is 2.23 bits per heavy atom. The Kier molecular flexibility index (Phi) is 9.78. The van der Waals surface area contributed by atoms with Gasteiger partial charge in [-0.1, -0.05) is 59.6 Å². The van der Waals surface area contributed by atoms with Crippen LogP contribution in [0, 0.1) is 0 Å². The van der Waals surface area contributed by atoms with Crippen LogP contribution in [0.15, 0.2) is 100 Å². The first-order valence-electron chi connectivity index (χ1n) is 12.7. The fourth-order valence-corrected chi connectivity index (χ4v) is 4.42. The molecule has 40 heavy (non-hydrogen) atoms. The zero-order valence-corrected chi connectivity index (χ0v) is 23.5. The van der Waals surface area contributed by atoms with Gasteiger partial charge in [-0.05, 0) is 74.0 Å². The summed E-state index contributed by atoms with van der Waals surface area (Å²) in [5.74, 6) is -0.166. The highest BCUT2D eigenvalue weighted by atomic mass is 35.5. The van der Waals surface area contributed by atoms with Crippen LogP contribution in [0.5, 0.6) is 0 Å². The lowest BCUT2D eigenvalue weighted by molar-refractivity contribution is -0.117. The molecule has 0 aliphatic heterocycles. The molecule has 7 nitrogen and oxygen atoms in total. The molecule has 0 aliphatic rings. The SMILES string of the molecule is CCN(CC)c1ccc(/C=C(/NC(=O)c2ccccc2Cl)C(=O)N/N=C/c2ccc(-c3ccccc3Cl)o2)cc1. The van der Waals surface area contributed by atoms with Gasteiger partial charge in [0, 0.05) is 24.3 Å². The van der Waals surface area contributed by atoms with E-state index in [4.69, 9.17) is 27.6 Å². The Labute approximate surface area is 243 Å². The van der Waals surface area contributed by atoms with Gasteiger partial charge in [-0.3, -0.25) is 9.59 Å². The zero-order chi connectivity index (χ0) is 28.5. The van der Waals surface area contributed by atoms with Crippen LogP contribution >= 0.6 is 23.2 Å². The molecule has 2 N–H and O–H groups in total. The maximum atomic E-state index is 13.1. The van der Waals surface area contributed by atoms with E-state index in [1.54, 1.807) is 48.5 Å². The minimum Gasteiger partial charge on any atom is -0.455 e. The third-order valence-corrected chi connectivity index (χ3v) is 6.73. The van der Waals surface area contributed by atoms with Gasteiger partial charge in [0.25, 0.3) is 11.8 Å². The molecule has 3 aromatic carbocycles. The van der Waals surface area contributed by atoms with E-state index in [9.17, 15) is 9.59 Å². The highest BCUT2D eigenvalue weighted by Gasteiger charge is 2.16. The molecule has 0 aliphatic carbocycles. The number of nitrogens with one attached hydrogen (secondary N) is 2. The minimum absolute atomic E-state index is 0.00568. The molecule has 0 saturated carbocycles. The summed E-state index contributed by atoms with van der Waals surface area (Å²) in [7, 11) is 0. The quantitative estimate of drug-likeness (QED) is 0.121. The molecule has 204 valence electrons. The third-order valence-electron chi connectivity index (χ3n) is 6.07. The number of furan rings is 1. The van der Waals surface area contributed by atoms with Gasteiger partial charge >= 0.3 is 0 Å². The Balaban J connectivity index is 1.54. The number of carbonyl (C=O) groups is 2. The number of hydrogen-bond acceptors (Lipinski definition) is 5. The summed E-state index contributed by atoms with van der Waals surface area (Å²) in [5, 5.41) is 7.51. The van der Waals surface area contributed by atoms with Crippen molar-refractivity contribution in [2.45, 2.75) is 13.8 Å². The van der Waals surface area contributed by atoms with E-state index < -0.39 is 11.8 Å². The average molecular weight is 575 g/mol. The van der Waals surface area contributed by atoms with Crippen molar-refractivity contribution in [1.29, 1.82) is 0 Å². The Hall–Kier alpha value is -4.33. The molecule has 0 saturated heterocycles. The van der Waals surface area contributed by atoms with Gasteiger partial charge in [-0.2, -0.15) is 5.10 Å². The van der Waals surface area contributed by atoms with Gasteiger partial charge < -0.3 is 14.6 Å². The predicted molar refractivity (Wildman–Crippen MR) is 162 cm³/mol. The summed E-state index contributed by atoms with van der Waals surface area (Å²) in [6, 6.07) is 25.1. The number of hydrazone groups is 1. The van der Waals surface area contributed by atoms with Gasteiger partial charge in [0.05, 0.1) is 21.8 Å². The molecule has 0 fully saturated rings. The van der Waals surface area contributed by atoms with Crippen molar-refractivity contribution < 1.29 is 14.0 Å². The van der Waals surface area contributed by atoms with E-state index in [2.05, 4.69) is 34.6 Å². The fraction of sp³-hybridized carbons (Fsp3) is 0.129. The molecular formula is C31H28Cl2N4O3. The van der Waals surface area contributed by atoms with Crippen molar-refractivity contribution in [1.82, 2.24) is 10.7 Å². The van der Waals surface area contributed by atoms with Crippen LogP contribution in [0.3, 0.4) is 0 Å². The van der Waals surface area contributed by atoms with Crippen LogP contribution in [0.4, 0.5) is 5.69 Å². The standard InChI is InChI=1S/C31H28Cl2N4O3/c1-3-37(4-2)22-15-13-21(14-16-22)19-28(35-30(38)25-10-6-8-12-27(25)33)31(39)36-34-20-23-17-18-29(40-23)24-9-5-7-11-26(24)32/h5-20H,3-4H2,1-2H3,(H,35,38)(H,36,39)/b28-19+,34-20+. The first-order valence-corrected chi connectivity index (χ1v) is 13.5. The minimum atomic E-state index is -0.623. The van der Waals surface area contributed by atoms with Gasteiger partial charge in [0.1, 0.15) is 17.2 Å². The normalized spacial score (nSPS) is 11.4. The van der Waals surface area contributed by atoms with E-state index in [1.807, 2.05) is 42.5 Å². The van der Waals surface area contributed by atoms with Crippen molar-refractivity contribution in [2.75, 3.05) is 18.0 Å². The molecular weight excluding hydrogens is 547 g/mol. The van der Waals surface area contributed by atoms with Crippen molar-refractivity contribution in [2.24, 2.45) is 5.10 Å². The van der Waals surface area contributed by atoms with Gasteiger partial charge in [0.2, 0.25) is 0 Å². The molecule has 2 amide bonds. The van der Waals surface area contributed by atoms with E-state index in [0.29, 0.717) is 16.5 Å². The predicted octanol–water partition coefficient (Wildman–Crippen LogP) is 7.02. The number of amides is 2. The number of halogens is 2. The van der Waals surface area contributed by atoms with Crippen LogP contribution in [-0.4, -0.2) is 31.1 Å². The number of rotatable bonds is 10. The molecule has 4 rings (SSSR count). The zero-order valence-electron chi connectivity index (χ0n) is 22.0. The maximum Gasteiger partial charge on any atom is 0.287 e. The summed E-state index contributed by atoms with van der Waals surface area (Å²) in [4.78, 5) is 28.3. The monoisotopic (exact) mass is 574 g/mol. The largest absolute Gasteiger partial charge is 0.455 e. The molecule has 1 aromatic heterocycles. The molecule has 9 heteroatoms. The second-order valence-corrected chi connectivity index (χ2v) is 9.45. The Morgan fingerprint density at radius 1 is 0.875 bits per heavy atom. The van der Waals surface area contributed by atoms with Crippen molar-refractivity contribution in [3.8, 4) is 11.3 Å². The Morgan fingerprint density at radius 2 is 1.55 bits per heavy atom. The third kappa shape index (κ3) is 7.20. The lowest BCUT2D eigenvalue weighted by atomic mass is 10.1. The van der Waals surface area contributed by atoms with Crippen LogP contribution in [0.2, 0.25) is 10.0 Å². The van der Waals surface area contributed by atoms with Crippen molar-refractivity contribution in [3.63, 3.8) is 0 Å². The topological polar surface area (TPSA) is 86.9 Å². The first kappa shape index (κ1) is 28.7. The van der Waals surface area contributed by atoms with E-state index in [-0.39, 0.29) is 16.3 Å². The molecule has 0 spiro atoms. The van der Waals surface area contributed by atoms with Crippen molar-refractivity contribution >= 4 is 53.0 Å². The average Bonchev–Trinajstić information content (AvgIpc) is 3.43. The molecule has 4 aromatic rings. The van der Waals surface area contributed by atoms with E-state index in [1.165, 1.54) is 6.21 Å². The first-order chi connectivity index (χ1) is 19.4. The van der Waals surface area contributed by atoms with Crippen LogP contribution in [0.25, 0.3) is 17.4 Å². The van der Waals surface area contributed by atoms with E-state index in [0.717, 1.165) is 29.9 Å². The lowest BCUT2D eigenvalue weighted by Gasteiger charge is -2.21. The van der Waals surface area contributed by atoms with Crippen LogP contribution in [-0.2, 0) is 4.79 Å². The molecule has 0 radical (unpaired) electrons. The summed E-state index contributed by atoms with van der Waals surface area (Å²) in [6.45, 7) is 5.93. The molecule has 0 atom stereocenters.